The summed E-state index contributed by atoms with van der Waals surface area (Å²) in [6, 6.07) is 51.2. The van der Waals surface area contributed by atoms with Crippen molar-refractivity contribution in [2.24, 2.45) is 0 Å². The van der Waals surface area contributed by atoms with Crippen molar-refractivity contribution in [1.82, 2.24) is 0 Å². The first-order valence-corrected chi connectivity index (χ1v) is 17.0. The Balaban J connectivity index is 1.53. The predicted octanol–water partition coefficient (Wildman–Crippen LogP) is 13.9. The molecule has 0 nitrogen and oxygen atoms in total. The van der Waals surface area contributed by atoms with Gasteiger partial charge in [0.2, 0.25) is 0 Å². The van der Waals surface area contributed by atoms with Crippen molar-refractivity contribution >= 4 is 140 Å². The van der Waals surface area contributed by atoms with E-state index in [4.69, 9.17) is 0 Å². The lowest BCUT2D eigenvalue weighted by Crippen LogP contribution is -1.99. The Labute approximate surface area is 272 Å². The van der Waals surface area contributed by atoms with E-state index in [2.05, 4.69) is 133 Å². The number of fused-ring (bicyclic) bond motifs is 12. The van der Waals surface area contributed by atoms with Crippen molar-refractivity contribution in [2.45, 2.75) is 0 Å². The quantitative estimate of drug-likeness (QED) is 0.120. The summed E-state index contributed by atoms with van der Waals surface area (Å²) >= 11 is 0. The lowest BCUT2D eigenvalue weighted by molar-refractivity contribution is 1.80. The molecule has 0 saturated heterocycles. The summed E-state index contributed by atoms with van der Waals surface area (Å²) in [6.45, 7) is 0. The molecule has 0 amide bonds. The van der Waals surface area contributed by atoms with Gasteiger partial charge in [-0.05, 0) is 152 Å². The van der Waals surface area contributed by atoms with Crippen LogP contribution in [0.1, 0.15) is 0 Å². The van der Waals surface area contributed by atoms with Gasteiger partial charge in [0.25, 0.3) is 0 Å². The van der Waals surface area contributed by atoms with E-state index in [0.717, 1.165) is 0 Å². The van der Waals surface area contributed by atoms with Crippen LogP contribution in [-0.4, -0.2) is 0 Å². The summed E-state index contributed by atoms with van der Waals surface area (Å²) in [5.74, 6) is 0. The van der Waals surface area contributed by atoms with E-state index in [0.29, 0.717) is 0 Å². The van der Waals surface area contributed by atoms with Crippen LogP contribution in [0.15, 0.2) is 133 Å². The second-order valence-corrected chi connectivity index (χ2v) is 14.2. The van der Waals surface area contributed by atoms with Crippen LogP contribution in [0, 0.1) is 0 Å². The molecule has 14 aromatic rings. The van der Waals surface area contributed by atoms with Gasteiger partial charge in [-0.25, -0.2) is 0 Å². The van der Waals surface area contributed by atoms with Gasteiger partial charge < -0.3 is 0 Å². The molecule has 0 aliphatic heterocycles. The van der Waals surface area contributed by atoms with Gasteiger partial charge in [0, 0.05) is 0 Å². The van der Waals surface area contributed by atoms with Gasteiger partial charge in [-0.15, -0.1) is 0 Å². The molecular weight excluding hydrogens is 577 g/mol. The lowest BCUT2D eigenvalue weighted by atomic mass is 9.74. The maximum atomic E-state index is 2.56. The van der Waals surface area contributed by atoms with Gasteiger partial charge in [0.15, 0.2) is 0 Å². The first kappa shape index (κ1) is 23.1. The van der Waals surface area contributed by atoms with Gasteiger partial charge in [-0.1, -0.05) is 121 Å². The average Bonchev–Trinajstić information content (AvgIpc) is 3.15. The van der Waals surface area contributed by atoms with Crippen LogP contribution < -0.4 is 0 Å². The lowest BCUT2D eigenvalue weighted by Gasteiger charge is -2.28. The molecular formula is C48H22. The maximum Gasteiger partial charge on any atom is -0.0000469 e. The van der Waals surface area contributed by atoms with Gasteiger partial charge in [-0.3, -0.25) is 0 Å². The summed E-state index contributed by atoms with van der Waals surface area (Å²) < 4.78 is 0. The Morgan fingerprint density at radius 3 is 1.06 bits per heavy atom. The highest BCUT2D eigenvalue weighted by molar-refractivity contribution is 6.60. The van der Waals surface area contributed by atoms with Crippen LogP contribution in [0.25, 0.3) is 140 Å². The molecule has 0 atom stereocenters. The molecule has 0 heterocycles. The molecule has 14 rings (SSSR count). The van der Waals surface area contributed by atoms with Crippen molar-refractivity contribution in [3.05, 3.63) is 133 Å². The monoisotopic (exact) mass is 598 g/mol. The highest BCUT2D eigenvalue weighted by atomic mass is 14.3. The molecule has 0 saturated carbocycles. The minimum Gasteiger partial charge on any atom is -0.0616 e. The molecule has 0 aliphatic carbocycles. The molecule has 214 valence electrons. The van der Waals surface area contributed by atoms with E-state index in [1.807, 2.05) is 0 Å². The Morgan fingerprint density at radius 1 is 0.167 bits per heavy atom. The molecule has 0 spiro atoms. The number of benzene rings is 14. The fraction of sp³-hybridized carbons (Fsp3) is 0. The zero-order chi connectivity index (χ0) is 30.6. The second-order valence-electron chi connectivity index (χ2n) is 14.2. The van der Waals surface area contributed by atoms with E-state index in [-0.39, 0.29) is 0 Å². The van der Waals surface area contributed by atoms with Crippen LogP contribution >= 0.6 is 0 Å². The molecule has 0 heteroatoms. The minimum atomic E-state index is 1.33. The molecule has 0 aromatic heterocycles. The normalized spacial score (nSPS) is 13.4. The third-order valence-corrected chi connectivity index (χ3v) is 12.3. The minimum absolute atomic E-state index is 1.33. The zero-order valence-corrected chi connectivity index (χ0v) is 25.7. The molecule has 0 N–H and O–H groups in total. The topological polar surface area (TPSA) is 0 Å². The van der Waals surface area contributed by atoms with Crippen molar-refractivity contribution < 1.29 is 0 Å². The average molecular weight is 599 g/mol. The fourth-order valence-electron chi connectivity index (χ4n) is 10.7. The Hall–Kier alpha value is -6.24. The van der Waals surface area contributed by atoms with Gasteiger partial charge >= 0.3 is 0 Å². The number of rotatable bonds is 0. The van der Waals surface area contributed by atoms with E-state index in [1.165, 1.54) is 140 Å². The zero-order valence-electron chi connectivity index (χ0n) is 25.7. The van der Waals surface area contributed by atoms with Crippen LogP contribution in [0.2, 0.25) is 0 Å². The molecule has 14 aromatic carbocycles. The van der Waals surface area contributed by atoms with Gasteiger partial charge in [-0.2, -0.15) is 0 Å². The third-order valence-electron chi connectivity index (χ3n) is 12.3. The first-order valence-electron chi connectivity index (χ1n) is 17.0. The maximum absolute atomic E-state index is 2.56. The molecule has 0 bridgehead atoms. The molecule has 0 aliphatic rings. The van der Waals surface area contributed by atoms with Crippen molar-refractivity contribution in [2.75, 3.05) is 0 Å². The molecule has 0 unspecified atom stereocenters. The van der Waals surface area contributed by atoms with E-state index in [9.17, 15) is 0 Å². The summed E-state index contributed by atoms with van der Waals surface area (Å²) in [7, 11) is 0. The smallest absolute Gasteiger partial charge is 0.0000469 e. The van der Waals surface area contributed by atoms with Crippen LogP contribution in [0.5, 0.6) is 0 Å². The third kappa shape index (κ3) is 2.23. The second kappa shape index (κ2) is 7.33. The van der Waals surface area contributed by atoms with Gasteiger partial charge in [0.1, 0.15) is 0 Å². The van der Waals surface area contributed by atoms with E-state index in [1.54, 1.807) is 0 Å². The van der Waals surface area contributed by atoms with E-state index >= 15 is 0 Å². The summed E-state index contributed by atoms with van der Waals surface area (Å²) in [6.07, 6.45) is 0. The Kier molecular flexibility index (Phi) is 3.53. The Morgan fingerprint density at radius 2 is 0.479 bits per heavy atom. The predicted molar refractivity (Wildman–Crippen MR) is 210 cm³/mol. The summed E-state index contributed by atoms with van der Waals surface area (Å²) in [4.78, 5) is 0. The highest BCUT2D eigenvalue weighted by Gasteiger charge is 2.30. The van der Waals surface area contributed by atoms with E-state index < -0.39 is 0 Å². The van der Waals surface area contributed by atoms with Crippen LogP contribution in [0.4, 0.5) is 0 Å². The van der Waals surface area contributed by atoms with Crippen molar-refractivity contribution in [3.8, 4) is 0 Å². The Bertz CT molecular complexity index is 3710. The number of hydrogen-bond acceptors (Lipinski definition) is 0. The molecule has 48 heavy (non-hydrogen) atoms. The van der Waals surface area contributed by atoms with Gasteiger partial charge in [0.05, 0.1) is 0 Å². The van der Waals surface area contributed by atoms with Crippen molar-refractivity contribution in [3.63, 3.8) is 0 Å². The largest absolute Gasteiger partial charge is 0.0616 e. The fourth-order valence-corrected chi connectivity index (χ4v) is 10.7. The van der Waals surface area contributed by atoms with Crippen molar-refractivity contribution in [1.29, 1.82) is 0 Å². The van der Waals surface area contributed by atoms with Crippen LogP contribution in [-0.2, 0) is 0 Å². The first-order chi connectivity index (χ1) is 23.9. The molecule has 0 fully saturated rings. The van der Waals surface area contributed by atoms with Crippen LogP contribution in [0.3, 0.4) is 0 Å². The molecule has 0 radical (unpaired) electrons. The summed E-state index contributed by atoms with van der Waals surface area (Å²) in [5.41, 5.74) is 0. The SMILES string of the molecule is c1ccc2c(c1)c1ccc3ccc4cc5c6ccccc6c6c7ccccc7c7c8ccccc8c8cc2c2c1c3c4c1c5c6c7c8c21. The standard InChI is InChI=1S/C48H22/c1-2-10-26-25(9-1)33-20-19-23-17-18-24-21-34-27-11-3-5-13-29(27)39-31-15-7-8-16-32(31)40-30-14-6-4-12-28(30)36-22-35(26)42-41(33)37(23)38(24)45-43(34)46(39)47(40)44(36)48(42)45/h1-22H. The summed E-state index contributed by atoms with van der Waals surface area (Å²) in [5, 5.41) is 36.1. The number of hydrogen-bond donors (Lipinski definition) is 0. The highest BCUT2D eigenvalue weighted by Crippen LogP contribution is 2.59.